The highest BCUT2D eigenvalue weighted by atomic mass is 32.1. The summed E-state index contributed by atoms with van der Waals surface area (Å²) < 4.78 is 5.33. The first kappa shape index (κ1) is 15.1. The number of nitrogen functional groups attached to an aromatic ring is 1. The second kappa shape index (κ2) is 5.97. The van der Waals surface area contributed by atoms with Gasteiger partial charge >= 0.3 is 0 Å². The maximum atomic E-state index is 12.3. The van der Waals surface area contributed by atoms with Crippen LogP contribution in [-0.4, -0.2) is 35.7 Å². The molecule has 112 valence electrons. The Hall–Kier alpha value is -1.34. The summed E-state index contributed by atoms with van der Waals surface area (Å²) in [6.45, 7) is 7.42. The van der Waals surface area contributed by atoms with E-state index < -0.39 is 0 Å². The van der Waals surface area contributed by atoms with Gasteiger partial charge in [-0.15, -0.1) is 0 Å². The Balaban J connectivity index is 2.06. The van der Waals surface area contributed by atoms with Crippen molar-refractivity contribution in [2.45, 2.75) is 45.2 Å². The van der Waals surface area contributed by atoms with Crippen LogP contribution in [0.4, 0.5) is 10.9 Å². The summed E-state index contributed by atoms with van der Waals surface area (Å²) >= 11 is 1.29. The highest BCUT2D eigenvalue weighted by molar-refractivity contribution is 7.18. The fourth-order valence-electron chi connectivity index (χ4n) is 2.08. The summed E-state index contributed by atoms with van der Waals surface area (Å²) in [5, 5.41) is 6.90. The number of aromatic nitrogens is 1. The first-order chi connectivity index (χ1) is 9.39. The van der Waals surface area contributed by atoms with Gasteiger partial charge in [0.15, 0.2) is 5.13 Å². The van der Waals surface area contributed by atoms with Crippen LogP contribution in [0.3, 0.4) is 0 Å². The van der Waals surface area contributed by atoms with Crippen molar-refractivity contribution >= 4 is 28.2 Å². The third-order valence-electron chi connectivity index (χ3n) is 3.28. The number of rotatable bonds is 4. The molecule has 0 bridgehead atoms. The first-order valence-electron chi connectivity index (χ1n) is 6.83. The van der Waals surface area contributed by atoms with Crippen molar-refractivity contribution in [3.8, 4) is 0 Å². The van der Waals surface area contributed by atoms with E-state index in [0.717, 1.165) is 12.8 Å². The summed E-state index contributed by atoms with van der Waals surface area (Å²) in [7, 11) is 0. The second-order valence-corrected chi connectivity index (χ2v) is 6.66. The minimum Gasteiger partial charge on any atom is -0.382 e. The van der Waals surface area contributed by atoms with Gasteiger partial charge in [-0.2, -0.15) is 0 Å². The molecular formula is C13H22N4O2S. The van der Waals surface area contributed by atoms with Gasteiger partial charge < -0.3 is 21.1 Å². The quantitative estimate of drug-likeness (QED) is 0.789. The summed E-state index contributed by atoms with van der Waals surface area (Å²) in [6, 6.07) is 0.254. The van der Waals surface area contributed by atoms with Crippen molar-refractivity contribution in [3.05, 3.63) is 4.88 Å². The van der Waals surface area contributed by atoms with Gasteiger partial charge in [0.05, 0.1) is 0 Å². The van der Waals surface area contributed by atoms with Crippen LogP contribution < -0.4 is 16.4 Å². The molecule has 0 spiro atoms. The number of nitrogens with one attached hydrogen (secondary N) is 2. The minimum atomic E-state index is -0.225. The minimum absolute atomic E-state index is 0.152. The molecule has 0 aromatic carbocycles. The molecule has 2 heterocycles. The van der Waals surface area contributed by atoms with E-state index in [-0.39, 0.29) is 23.3 Å². The third kappa shape index (κ3) is 3.61. The molecule has 4 N–H and O–H groups in total. The number of carbonyl (C=O) groups excluding carboxylic acids is 1. The number of thiazole rings is 1. The van der Waals surface area contributed by atoms with E-state index in [2.05, 4.69) is 15.6 Å². The number of carbonyl (C=O) groups is 1. The van der Waals surface area contributed by atoms with Crippen molar-refractivity contribution in [2.75, 3.05) is 24.3 Å². The average molecular weight is 298 g/mol. The molecule has 0 radical (unpaired) electrons. The molecule has 20 heavy (non-hydrogen) atoms. The molecule has 0 atom stereocenters. The molecule has 1 saturated heterocycles. The van der Waals surface area contributed by atoms with Gasteiger partial charge in [-0.25, -0.2) is 4.98 Å². The molecule has 0 saturated carbocycles. The summed E-state index contributed by atoms with van der Waals surface area (Å²) in [4.78, 5) is 17.0. The number of nitrogens with zero attached hydrogens (tertiary/aromatic N) is 1. The predicted molar refractivity (Wildman–Crippen MR) is 81.2 cm³/mol. The lowest BCUT2D eigenvalue weighted by atomic mass is 9.92. The lowest BCUT2D eigenvalue weighted by molar-refractivity contribution is 0.0424. The highest BCUT2D eigenvalue weighted by Crippen LogP contribution is 2.27. The topological polar surface area (TPSA) is 89.3 Å². The zero-order chi connectivity index (χ0) is 14.8. The van der Waals surface area contributed by atoms with Crippen molar-refractivity contribution in [1.29, 1.82) is 0 Å². The zero-order valence-corrected chi connectivity index (χ0v) is 13.0. The molecule has 2 rings (SSSR count). The number of ether oxygens (including phenoxy) is 1. The van der Waals surface area contributed by atoms with Gasteiger partial charge in [-0.3, -0.25) is 4.79 Å². The van der Waals surface area contributed by atoms with E-state index in [1.54, 1.807) is 0 Å². The predicted octanol–water partition coefficient (Wildman–Crippen LogP) is 1.84. The van der Waals surface area contributed by atoms with Crippen LogP contribution >= 0.6 is 11.3 Å². The number of anilines is 2. The van der Waals surface area contributed by atoms with Crippen molar-refractivity contribution in [3.63, 3.8) is 0 Å². The number of hydrogen-bond acceptors (Lipinski definition) is 6. The van der Waals surface area contributed by atoms with E-state index in [4.69, 9.17) is 10.5 Å². The van der Waals surface area contributed by atoms with Crippen LogP contribution in [0.1, 0.15) is 43.3 Å². The first-order valence-corrected chi connectivity index (χ1v) is 7.64. The smallest absolute Gasteiger partial charge is 0.265 e. The molecule has 1 aromatic rings. The van der Waals surface area contributed by atoms with Crippen molar-refractivity contribution in [1.82, 2.24) is 10.3 Å². The van der Waals surface area contributed by atoms with Gasteiger partial charge in [-0.05, 0) is 33.6 Å². The Kier molecular flexibility index (Phi) is 4.49. The van der Waals surface area contributed by atoms with Crippen LogP contribution in [0.2, 0.25) is 0 Å². The summed E-state index contributed by atoms with van der Waals surface area (Å²) in [5.74, 6) is 0.132. The Morgan fingerprint density at radius 3 is 2.70 bits per heavy atom. The SMILES string of the molecule is CC(C)Nc1nc(N)c(C(=O)NC2(C)CCOCC2)s1. The molecular weight excluding hydrogens is 276 g/mol. The lowest BCUT2D eigenvalue weighted by Crippen LogP contribution is -2.49. The molecule has 1 amide bonds. The zero-order valence-electron chi connectivity index (χ0n) is 12.2. The number of hydrogen-bond donors (Lipinski definition) is 3. The van der Waals surface area contributed by atoms with Gasteiger partial charge in [0.2, 0.25) is 0 Å². The van der Waals surface area contributed by atoms with Crippen LogP contribution in [0.15, 0.2) is 0 Å². The van der Waals surface area contributed by atoms with E-state index in [1.165, 1.54) is 11.3 Å². The van der Waals surface area contributed by atoms with Crippen molar-refractivity contribution < 1.29 is 9.53 Å². The fourth-order valence-corrected chi connectivity index (χ4v) is 3.01. The monoisotopic (exact) mass is 298 g/mol. The summed E-state index contributed by atoms with van der Waals surface area (Å²) in [6.07, 6.45) is 1.63. The van der Waals surface area contributed by atoms with E-state index in [0.29, 0.717) is 23.2 Å². The maximum Gasteiger partial charge on any atom is 0.265 e. The lowest BCUT2D eigenvalue weighted by Gasteiger charge is -2.34. The van der Waals surface area contributed by atoms with Gasteiger partial charge in [-0.1, -0.05) is 11.3 Å². The fraction of sp³-hybridized carbons (Fsp3) is 0.692. The van der Waals surface area contributed by atoms with Crippen LogP contribution in [0.25, 0.3) is 0 Å². The Labute approximate surface area is 123 Å². The highest BCUT2D eigenvalue weighted by Gasteiger charge is 2.30. The molecule has 0 unspecified atom stereocenters. The summed E-state index contributed by atoms with van der Waals surface area (Å²) in [5.41, 5.74) is 5.62. The molecule has 7 heteroatoms. The van der Waals surface area contributed by atoms with Gasteiger partial charge in [0.25, 0.3) is 5.91 Å². The Bertz CT molecular complexity index is 481. The Morgan fingerprint density at radius 2 is 2.10 bits per heavy atom. The van der Waals surface area contributed by atoms with E-state index in [9.17, 15) is 4.79 Å². The second-order valence-electron chi connectivity index (χ2n) is 5.66. The molecule has 1 fully saturated rings. The van der Waals surface area contributed by atoms with Crippen LogP contribution in [-0.2, 0) is 4.74 Å². The van der Waals surface area contributed by atoms with Gasteiger partial charge in [0.1, 0.15) is 10.7 Å². The number of amides is 1. The third-order valence-corrected chi connectivity index (χ3v) is 4.28. The Morgan fingerprint density at radius 1 is 1.45 bits per heavy atom. The largest absolute Gasteiger partial charge is 0.382 e. The molecule has 1 aliphatic heterocycles. The van der Waals surface area contributed by atoms with Crippen LogP contribution in [0, 0.1) is 0 Å². The number of nitrogens with two attached hydrogens (primary N) is 1. The molecule has 1 aromatic heterocycles. The molecule has 0 aliphatic carbocycles. The van der Waals surface area contributed by atoms with Crippen molar-refractivity contribution in [2.24, 2.45) is 0 Å². The molecule has 6 nitrogen and oxygen atoms in total. The maximum absolute atomic E-state index is 12.3. The van der Waals surface area contributed by atoms with E-state index in [1.807, 2.05) is 20.8 Å². The molecule has 1 aliphatic rings. The van der Waals surface area contributed by atoms with Crippen LogP contribution in [0.5, 0.6) is 0 Å². The normalized spacial score (nSPS) is 18.0. The average Bonchev–Trinajstić information content (AvgIpc) is 2.69. The van der Waals surface area contributed by atoms with Gasteiger partial charge in [0, 0.05) is 24.8 Å². The standard InChI is InChI=1S/C13H22N4O2S/c1-8(2)15-12-16-10(14)9(20-12)11(18)17-13(3)4-6-19-7-5-13/h8H,4-7,14H2,1-3H3,(H,15,16)(H,17,18). The van der Waals surface area contributed by atoms with E-state index >= 15 is 0 Å².